The quantitative estimate of drug-likeness (QED) is 0.548. The number of methoxy groups -OCH3 is 2. The third-order valence-electron chi connectivity index (χ3n) is 6.25. The van der Waals surface area contributed by atoms with Gasteiger partial charge in [0.25, 0.3) is 5.69 Å². The van der Waals surface area contributed by atoms with Gasteiger partial charge in [-0.05, 0) is 55.7 Å². The molecular weight excluding hydrogens is 382 g/mol. The Kier molecular flexibility index (Phi) is 4.75. The number of nitro benzene ring substituents is 1. The van der Waals surface area contributed by atoms with Crippen LogP contribution < -0.4 is 0 Å². The van der Waals surface area contributed by atoms with E-state index in [1.54, 1.807) is 26.4 Å². The second-order valence-electron chi connectivity index (χ2n) is 7.76. The summed E-state index contributed by atoms with van der Waals surface area (Å²) in [6.45, 7) is 4.74. The zero-order chi connectivity index (χ0) is 21.6. The Labute approximate surface area is 175 Å². The van der Waals surface area contributed by atoms with Gasteiger partial charge in [-0.1, -0.05) is 0 Å². The van der Waals surface area contributed by atoms with Gasteiger partial charge in [0.05, 0.1) is 18.1 Å². The standard InChI is InChI=1S/C23H23N3O4/c1-14-21(15-5-7-17(8-6-15)26(27)28)19(13-24)22-18-11-20(29-3)23(2,30-4)12-16(18)9-10-25(14)22/h5-8,11-12,19H,9-10H2,1-4H3. The van der Waals surface area contributed by atoms with Crippen LogP contribution in [-0.4, -0.2) is 36.2 Å². The van der Waals surface area contributed by atoms with Crippen molar-refractivity contribution in [2.75, 3.05) is 20.8 Å². The molecule has 0 radical (unpaired) electrons. The van der Waals surface area contributed by atoms with Gasteiger partial charge >= 0.3 is 0 Å². The van der Waals surface area contributed by atoms with Crippen molar-refractivity contribution in [2.24, 2.45) is 5.92 Å². The Morgan fingerprint density at radius 1 is 1.30 bits per heavy atom. The van der Waals surface area contributed by atoms with E-state index in [0.29, 0.717) is 5.76 Å². The molecule has 0 bridgehead atoms. The van der Waals surface area contributed by atoms with Crippen LogP contribution in [0.3, 0.4) is 0 Å². The molecule has 30 heavy (non-hydrogen) atoms. The van der Waals surface area contributed by atoms with Crippen molar-refractivity contribution in [1.29, 1.82) is 5.26 Å². The summed E-state index contributed by atoms with van der Waals surface area (Å²) in [7, 11) is 3.28. The van der Waals surface area contributed by atoms with Gasteiger partial charge in [-0.3, -0.25) is 10.1 Å². The summed E-state index contributed by atoms with van der Waals surface area (Å²) < 4.78 is 11.3. The van der Waals surface area contributed by atoms with Gasteiger partial charge in [-0.25, -0.2) is 0 Å². The van der Waals surface area contributed by atoms with Crippen molar-refractivity contribution >= 4 is 11.3 Å². The van der Waals surface area contributed by atoms with Crippen molar-refractivity contribution in [2.45, 2.75) is 25.9 Å². The summed E-state index contributed by atoms with van der Waals surface area (Å²) in [5, 5.41) is 21.1. The van der Waals surface area contributed by atoms with E-state index < -0.39 is 16.4 Å². The highest BCUT2D eigenvalue weighted by atomic mass is 16.6. The molecule has 0 amide bonds. The first-order chi connectivity index (χ1) is 14.3. The summed E-state index contributed by atoms with van der Waals surface area (Å²) in [4.78, 5) is 12.8. The molecular formula is C23H23N3O4. The fraction of sp³-hybridized carbons (Fsp3) is 0.348. The number of nitro groups is 1. The number of rotatable bonds is 4. The SMILES string of the molecule is COC1=CC2=C3C(C#N)C(c4ccc([N+](=O)[O-])cc4)=C(C)N3CCC2=CC1(C)OC. The number of nitriles is 1. The number of hydrogen-bond acceptors (Lipinski definition) is 6. The van der Waals surface area contributed by atoms with Crippen LogP contribution in [0.1, 0.15) is 25.8 Å². The topological polar surface area (TPSA) is 88.6 Å². The lowest BCUT2D eigenvalue weighted by atomic mass is 9.81. The number of ether oxygens (including phenoxy) is 2. The molecule has 0 spiro atoms. The van der Waals surface area contributed by atoms with E-state index in [-0.39, 0.29) is 5.69 Å². The van der Waals surface area contributed by atoms with Crippen LogP contribution in [0, 0.1) is 27.4 Å². The number of non-ortho nitro benzene ring substituents is 1. The van der Waals surface area contributed by atoms with E-state index >= 15 is 0 Å². The number of hydrogen-bond donors (Lipinski definition) is 0. The Bertz CT molecular complexity index is 1090. The summed E-state index contributed by atoms with van der Waals surface area (Å²) in [5.41, 5.74) is 5.20. The van der Waals surface area contributed by atoms with Crippen molar-refractivity contribution in [1.82, 2.24) is 4.90 Å². The first-order valence-electron chi connectivity index (χ1n) is 9.75. The van der Waals surface area contributed by atoms with E-state index in [0.717, 1.165) is 46.6 Å². The fourth-order valence-corrected chi connectivity index (χ4v) is 4.63. The van der Waals surface area contributed by atoms with Gasteiger partial charge < -0.3 is 14.4 Å². The fourth-order valence-electron chi connectivity index (χ4n) is 4.63. The molecule has 154 valence electrons. The molecule has 0 saturated heterocycles. The number of nitrogens with zero attached hydrogens (tertiary/aromatic N) is 3. The largest absolute Gasteiger partial charge is 0.498 e. The third kappa shape index (κ3) is 2.84. The molecule has 2 aliphatic heterocycles. The number of allylic oxidation sites excluding steroid dienone is 4. The van der Waals surface area contributed by atoms with Crippen LogP contribution in [0.15, 0.2) is 64.7 Å². The smallest absolute Gasteiger partial charge is 0.269 e. The Hall–Kier alpha value is -3.37. The molecule has 0 saturated carbocycles. The van der Waals surface area contributed by atoms with E-state index in [1.807, 2.05) is 19.9 Å². The van der Waals surface area contributed by atoms with Crippen LogP contribution in [0.4, 0.5) is 5.69 Å². The molecule has 2 heterocycles. The molecule has 1 aromatic rings. The minimum atomic E-state index is -0.638. The van der Waals surface area contributed by atoms with Crippen LogP contribution in [0.2, 0.25) is 0 Å². The lowest BCUT2D eigenvalue weighted by Crippen LogP contribution is -2.35. The molecule has 7 heteroatoms. The molecule has 0 aromatic heterocycles. The minimum absolute atomic E-state index is 0.0345. The second-order valence-corrected chi connectivity index (χ2v) is 7.76. The number of benzene rings is 1. The monoisotopic (exact) mass is 405 g/mol. The molecule has 2 unspecified atom stereocenters. The first-order valence-corrected chi connectivity index (χ1v) is 9.75. The van der Waals surface area contributed by atoms with Gasteiger partial charge in [-0.15, -0.1) is 0 Å². The zero-order valence-electron chi connectivity index (χ0n) is 17.4. The van der Waals surface area contributed by atoms with Crippen LogP contribution in [-0.2, 0) is 9.47 Å². The average molecular weight is 405 g/mol. The number of fused-ring (bicyclic) bond motifs is 2. The highest BCUT2D eigenvalue weighted by Crippen LogP contribution is 2.49. The van der Waals surface area contributed by atoms with Gasteiger partial charge in [0.15, 0.2) is 0 Å². The minimum Gasteiger partial charge on any atom is -0.498 e. The van der Waals surface area contributed by atoms with E-state index in [4.69, 9.17) is 9.47 Å². The lowest BCUT2D eigenvalue weighted by molar-refractivity contribution is -0.384. The zero-order valence-corrected chi connectivity index (χ0v) is 17.4. The normalized spacial score (nSPS) is 25.3. The molecule has 3 aliphatic rings. The highest BCUT2D eigenvalue weighted by Gasteiger charge is 2.42. The van der Waals surface area contributed by atoms with Crippen LogP contribution >= 0.6 is 0 Å². The maximum absolute atomic E-state index is 11.0. The molecule has 0 N–H and O–H groups in total. The van der Waals surface area contributed by atoms with Crippen LogP contribution in [0.25, 0.3) is 5.57 Å². The lowest BCUT2D eigenvalue weighted by Gasteiger charge is -2.37. The summed E-state index contributed by atoms with van der Waals surface area (Å²) in [5.74, 6) is 0.225. The van der Waals surface area contributed by atoms with Crippen molar-refractivity contribution in [3.8, 4) is 6.07 Å². The first kappa shape index (κ1) is 19.9. The average Bonchev–Trinajstić information content (AvgIpc) is 3.05. The summed E-state index contributed by atoms with van der Waals surface area (Å²) in [6, 6.07) is 8.88. The van der Waals surface area contributed by atoms with E-state index in [2.05, 4.69) is 17.0 Å². The predicted molar refractivity (Wildman–Crippen MR) is 112 cm³/mol. The van der Waals surface area contributed by atoms with E-state index in [1.165, 1.54) is 12.1 Å². The molecule has 7 nitrogen and oxygen atoms in total. The summed E-state index contributed by atoms with van der Waals surface area (Å²) >= 11 is 0. The molecule has 1 aromatic carbocycles. The maximum atomic E-state index is 11.0. The van der Waals surface area contributed by atoms with Crippen molar-refractivity contribution in [3.05, 3.63) is 80.4 Å². The van der Waals surface area contributed by atoms with Crippen molar-refractivity contribution < 1.29 is 14.4 Å². The molecule has 0 fully saturated rings. The third-order valence-corrected chi connectivity index (χ3v) is 6.25. The van der Waals surface area contributed by atoms with E-state index in [9.17, 15) is 15.4 Å². The Balaban J connectivity index is 1.85. The predicted octanol–water partition coefficient (Wildman–Crippen LogP) is 4.31. The van der Waals surface area contributed by atoms with Crippen LogP contribution in [0.5, 0.6) is 0 Å². The van der Waals surface area contributed by atoms with Crippen molar-refractivity contribution in [3.63, 3.8) is 0 Å². The Morgan fingerprint density at radius 3 is 2.57 bits per heavy atom. The van der Waals surface area contributed by atoms with Gasteiger partial charge in [-0.2, -0.15) is 5.26 Å². The highest BCUT2D eigenvalue weighted by molar-refractivity contribution is 5.80. The summed E-state index contributed by atoms with van der Waals surface area (Å²) in [6.07, 6.45) is 4.89. The second kappa shape index (κ2) is 7.15. The maximum Gasteiger partial charge on any atom is 0.269 e. The molecule has 1 aliphatic carbocycles. The van der Waals surface area contributed by atoms with Gasteiger partial charge in [0.2, 0.25) is 0 Å². The Morgan fingerprint density at radius 2 is 2.00 bits per heavy atom. The van der Waals surface area contributed by atoms with Gasteiger partial charge in [0, 0.05) is 48.3 Å². The molecule has 2 atom stereocenters. The molecule has 4 rings (SSSR count). The van der Waals surface area contributed by atoms with Gasteiger partial charge in [0.1, 0.15) is 17.3 Å².